The SMILES string of the molecule is CCN(CC(=O)NC)c1c(N)cccc1C(N)=O. The van der Waals surface area contributed by atoms with Crippen molar-refractivity contribution in [2.24, 2.45) is 5.73 Å². The van der Waals surface area contributed by atoms with Gasteiger partial charge in [0.25, 0.3) is 5.91 Å². The summed E-state index contributed by atoms with van der Waals surface area (Å²) in [4.78, 5) is 24.5. The fraction of sp³-hybridized carbons (Fsp3) is 0.333. The van der Waals surface area contributed by atoms with E-state index >= 15 is 0 Å². The molecule has 0 heterocycles. The molecule has 0 aliphatic carbocycles. The van der Waals surface area contributed by atoms with Crippen LogP contribution >= 0.6 is 0 Å². The zero-order valence-corrected chi connectivity index (χ0v) is 10.6. The molecular formula is C12H18N4O2. The summed E-state index contributed by atoms with van der Waals surface area (Å²) in [5.74, 6) is -0.719. The number of nitrogen functional groups attached to an aromatic ring is 1. The highest BCUT2D eigenvalue weighted by molar-refractivity contribution is 6.02. The first kappa shape index (κ1) is 13.8. The number of para-hydroxylation sites is 1. The number of nitrogens with two attached hydrogens (primary N) is 2. The Kier molecular flexibility index (Phi) is 4.53. The van der Waals surface area contributed by atoms with Crippen molar-refractivity contribution in [2.75, 3.05) is 30.8 Å². The maximum absolute atomic E-state index is 11.4. The average Bonchev–Trinajstić information content (AvgIpc) is 2.35. The summed E-state index contributed by atoms with van der Waals surface area (Å²) in [6, 6.07) is 4.93. The molecule has 0 unspecified atom stereocenters. The van der Waals surface area contributed by atoms with Gasteiger partial charge in [0.15, 0.2) is 0 Å². The van der Waals surface area contributed by atoms with Gasteiger partial charge in [0, 0.05) is 13.6 Å². The second-order valence-electron chi connectivity index (χ2n) is 3.80. The summed E-state index contributed by atoms with van der Waals surface area (Å²) >= 11 is 0. The third-order valence-electron chi connectivity index (χ3n) is 2.64. The van der Waals surface area contributed by atoms with E-state index < -0.39 is 5.91 Å². The summed E-state index contributed by atoms with van der Waals surface area (Å²) in [5.41, 5.74) is 12.4. The van der Waals surface area contributed by atoms with Crippen molar-refractivity contribution in [3.8, 4) is 0 Å². The van der Waals surface area contributed by atoms with Gasteiger partial charge in [-0.05, 0) is 19.1 Å². The van der Waals surface area contributed by atoms with E-state index in [0.29, 0.717) is 23.5 Å². The third-order valence-corrected chi connectivity index (χ3v) is 2.64. The number of anilines is 2. The van der Waals surface area contributed by atoms with Crippen LogP contribution in [0, 0.1) is 0 Å². The molecule has 6 heteroatoms. The van der Waals surface area contributed by atoms with E-state index in [1.165, 1.54) is 0 Å². The quantitative estimate of drug-likeness (QED) is 0.637. The van der Waals surface area contributed by atoms with Crippen LogP contribution in [-0.2, 0) is 4.79 Å². The molecule has 18 heavy (non-hydrogen) atoms. The van der Waals surface area contributed by atoms with Crippen molar-refractivity contribution in [3.05, 3.63) is 23.8 Å². The molecule has 0 aromatic heterocycles. The van der Waals surface area contributed by atoms with E-state index in [2.05, 4.69) is 5.32 Å². The number of carbonyl (C=O) groups excluding carboxylic acids is 2. The van der Waals surface area contributed by atoms with Crippen molar-refractivity contribution in [1.82, 2.24) is 5.32 Å². The molecule has 0 aliphatic heterocycles. The van der Waals surface area contributed by atoms with Gasteiger partial charge >= 0.3 is 0 Å². The zero-order valence-electron chi connectivity index (χ0n) is 10.6. The normalized spacial score (nSPS) is 9.89. The maximum atomic E-state index is 11.4. The van der Waals surface area contributed by atoms with Crippen LogP contribution in [0.15, 0.2) is 18.2 Å². The molecule has 5 N–H and O–H groups in total. The van der Waals surface area contributed by atoms with Crippen LogP contribution in [-0.4, -0.2) is 32.0 Å². The van der Waals surface area contributed by atoms with Crippen LogP contribution in [0.1, 0.15) is 17.3 Å². The molecule has 2 amide bonds. The Morgan fingerprint density at radius 3 is 2.56 bits per heavy atom. The Bertz CT molecular complexity index is 459. The Hall–Kier alpha value is -2.24. The zero-order chi connectivity index (χ0) is 13.7. The van der Waals surface area contributed by atoms with E-state index in [-0.39, 0.29) is 12.5 Å². The van der Waals surface area contributed by atoms with Crippen LogP contribution in [0.25, 0.3) is 0 Å². The van der Waals surface area contributed by atoms with Crippen LogP contribution in [0.5, 0.6) is 0 Å². The second-order valence-corrected chi connectivity index (χ2v) is 3.80. The lowest BCUT2D eigenvalue weighted by Gasteiger charge is -2.25. The van der Waals surface area contributed by atoms with Gasteiger partial charge in [0.05, 0.1) is 23.5 Å². The molecule has 1 rings (SSSR count). The fourth-order valence-electron chi connectivity index (χ4n) is 1.71. The molecule has 1 aromatic rings. The lowest BCUT2D eigenvalue weighted by atomic mass is 10.1. The highest BCUT2D eigenvalue weighted by atomic mass is 16.2. The molecule has 6 nitrogen and oxygen atoms in total. The first-order chi connectivity index (χ1) is 8.51. The van der Waals surface area contributed by atoms with Crippen LogP contribution in [0.2, 0.25) is 0 Å². The standard InChI is InChI=1S/C12H18N4O2/c1-3-16(7-10(17)15-2)11-8(12(14)18)5-4-6-9(11)13/h4-6H,3,7,13H2,1-2H3,(H2,14,18)(H,15,17). The number of carbonyl (C=O) groups is 2. The minimum absolute atomic E-state index is 0.126. The second kappa shape index (κ2) is 5.90. The molecular weight excluding hydrogens is 232 g/mol. The number of hydrogen-bond acceptors (Lipinski definition) is 4. The van der Waals surface area contributed by atoms with E-state index in [9.17, 15) is 9.59 Å². The van der Waals surface area contributed by atoms with Gasteiger partial charge in [-0.15, -0.1) is 0 Å². The summed E-state index contributed by atoms with van der Waals surface area (Å²) in [6.45, 7) is 2.55. The Morgan fingerprint density at radius 2 is 2.06 bits per heavy atom. The molecule has 0 saturated carbocycles. The first-order valence-corrected chi connectivity index (χ1v) is 5.65. The van der Waals surface area contributed by atoms with Crippen LogP contribution in [0.3, 0.4) is 0 Å². The summed E-state index contributed by atoms with van der Waals surface area (Å²) in [7, 11) is 1.56. The lowest BCUT2D eigenvalue weighted by molar-refractivity contribution is -0.119. The third kappa shape index (κ3) is 2.91. The molecule has 0 radical (unpaired) electrons. The Balaban J connectivity index is 3.19. The first-order valence-electron chi connectivity index (χ1n) is 5.65. The summed E-state index contributed by atoms with van der Waals surface area (Å²) in [5, 5.41) is 2.53. The summed E-state index contributed by atoms with van der Waals surface area (Å²) in [6.07, 6.45) is 0. The smallest absolute Gasteiger partial charge is 0.250 e. The molecule has 98 valence electrons. The molecule has 0 fully saturated rings. The molecule has 0 saturated heterocycles. The van der Waals surface area contributed by atoms with Crippen LogP contribution in [0.4, 0.5) is 11.4 Å². The molecule has 1 aromatic carbocycles. The predicted molar refractivity (Wildman–Crippen MR) is 71.3 cm³/mol. The molecule has 0 atom stereocenters. The highest BCUT2D eigenvalue weighted by Crippen LogP contribution is 2.27. The molecule has 0 bridgehead atoms. The van der Waals surface area contributed by atoms with Gasteiger partial charge < -0.3 is 21.7 Å². The number of nitrogens with one attached hydrogen (secondary N) is 1. The van der Waals surface area contributed by atoms with Crippen molar-refractivity contribution in [1.29, 1.82) is 0 Å². The van der Waals surface area contributed by atoms with Gasteiger partial charge in [0.2, 0.25) is 5.91 Å². The van der Waals surface area contributed by atoms with Crippen LogP contribution < -0.4 is 21.7 Å². The van der Waals surface area contributed by atoms with Crippen molar-refractivity contribution in [3.63, 3.8) is 0 Å². The largest absolute Gasteiger partial charge is 0.397 e. The van der Waals surface area contributed by atoms with Gasteiger partial charge in [-0.1, -0.05) is 6.07 Å². The monoisotopic (exact) mass is 250 g/mol. The number of rotatable bonds is 5. The minimum atomic E-state index is -0.562. The van der Waals surface area contributed by atoms with E-state index in [1.54, 1.807) is 30.1 Å². The number of hydrogen-bond donors (Lipinski definition) is 3. The lowest BCUT2D eigenvalue weighted by Crippen LogP contribution is -2.37. The predicted octanol–water partition coefficient (Wildman–Crippen LogP) is -0.0600. The topological polar surface area (TPSA) is 101 Å². The minimum Gasteiger partial charge on any atom is -0.397 e. The highest BCUT2D eigenvalue weighted by Gasteiger charge is 2.18. The number of amides is 2. The molecule has 0 aliphatic rings. The van der Waals surface area contributed by atoms with E-state index in [1.807, 2.05) is 6.92 Å². The number of nitrogens with zero attached hydrogens (tertiary/aromatic N) is 1. The van der Waals surface area contributed by atoms with Crippen molar-refractivity contribution in [2.45, 2.75) is 6.92 Å². The van der Waals surface area contributed by atoms with Crippen molar-refractivity contribution >= 4 is 23.2 Å². The Morgan fingerprint density at radius 1 is 1.39 bits per heavy atom. The number of likely N-dealkylation sites (N-methyl/N-ethyl adjacent to an activating group) is 2. The van der Waals surface area contributed by atoms with Gasteiger partial charge in [0.1, 0.15) is 0 Å². The maximum Gasteiger partial charge on any atom is 0.250 e. The van der Waals surface area contributed by atoms with Gasteiger partial charge in [-0.25, -0.2) is 0 Å². The number of benzene rings is 1. The van der Waals surface area contributed by atoms with Gasteiger partial charge in [-0.3, -0.25) is 9.59 Å². The molecule has 0 spiro atoms. The summed E-state index contributed by atoms with van der Waals surface area (Å²) < 4.78 is 0. The van der Waals surface area contributed by atoms with Gasteiger partial charge in [-0.2, -0.15) is 0 Å². The van der Waals surface area contributed by atoms with E-state index in [0.717, 1.165) is 0 Å². The van der Waals surface area contributed by atoms with E-state index in [4.69, 9.17) is 11.5 Å². The fourth-order valence-corrected chi connectivity index (χ4v) is 1.71. The Labute approximate surface area is 106 Å². The number of primary amides is 1. The van der Waals surface area contributed by atoms with Crippen molar-refractivity contribution < 1.29 is 9.59 Å². The average molecular weight is 250 g/mol.